The van der Waals surface area contributed by atoms with E-state index in [4.69, 9.17) is 17.3 Å². The Morgan fingerprint density at radius 3 is 2.43 bits per heavy atom. The van der Waals surface area contributed by atoms with Crippen molar-refractivity contribution in [3.8, 4) is 0 Å². The summed E-state index contributed by atoms with van der Waals surface area (Å²) in [5.41, 5.74) is 5.11. The molecular weight excluding hydrogens is 114 g/mol. The van der Waals surface area contributed by atoms with E-state index in [9.17, 15) is 4.79 Å². The van der Waals surface area contributed by atoms with Crippen LogP contribution in [0.15, 0.2) is 0 Å². The van der Waals surface area contributed by atoms with E-state index in [-0.39, 0.29) is 11.7 Å². The van der Waals surface area contributed by atoms with Gasteiger partial charge >= 0.3 is 0 Å². The molecule has 0 saturated heterocycles. The molecule has 0 spiro atoms. The summed E-state index contributed by atoms with van der Waals surface area (Å²) in [7, 11) is 0. The van der Waals surface area contributed by atoms with Gasteiger partial charge in [0.05, 0.1) is 11.9 Å². The van der Waals surface area contributed by atoms with Crippen LogP contribution in [0.3, 0.4) is 0 Å². The number of Topliss-reactive ketones (excluding diaryl/α,β-unsaturated/α-hetero) is 1. The number of ketones is 1. The number of rotatable bonds is 2. The fourth-order valence-corrected chi connectivity index (χ4v) is 0.365. The second-order valence-electron chi connectivity index (χ2n) is 1.39. The summed E-state index contributed by atoms with van der Waals surface area (Å²) < 4.78 is 0. The maximum absolute atomic E-state index is 10.3. The molecule has 3 heteroatoms. The quantitative estimate of drug-likeness (QED) is 0.529. The summed E-state index contributed by atoms with van der Waals surface area (Å²) in [5.74, 6) is -0.0841. The van der Waals surface area contributed by atoms with Crippen molar-refractivity contribution in [2.24, 2.45) is 5.73 Å². The summed E-state index contributed by atoms with van der Waals surface area (Å²) in [5, 5.41) is 0. The zero-order valence-electron chi connectivity index (χ0n) is 4.15. The van der Waals surface area contributed by atoms with Crippen molar-refractivity contribution in [3.05, 3.63) is 0 Å². The molecule has 0 aromatic rings. The fourth-order valence-electron chi connectivity index (χ4n) is 0.122. The number of hydrogen-bond donors (Lipinski definition) is 1. The van der Waals surface area contributed by atoms with Gasteiger partial charge in [-0.2, -0.15) is 0 Å². The first-order valence-corrected chi connectivity index (χ1v) is 2.56. The highest BCUT2D eigenvalue weighted by atomic mass is 35.5. The van der Waals surface area contributed by atoms with E-state index in [1.807, 2.05) is 0 Å². The minimum Gasteiger partial charge on any atom is -0.322 e. The predicted molar refractivity (Wildman–Crippen MR) is 29.4 cm³/mol. The van der Waals surface area contributed by atoms with Crippen LogP contribution in [0, 0.1) is 0 Å². The summed E-state index contributed by atoms with van der Waals surface area (Å²) in [6, 6.07) is -0.405. The Kier molecular flexibility index (Phi) is 2.96. The van der Waals surface area contributed by atoms with E-state index in [1.165, 1.54) is 0 Å². The molecule has 0 aromatic carbocycles. The largest absolute Gasteiger partial charge is 0.322 e. The third kappa shape index (κ3) is 2.60. The normalized spacial score (nSPS) is 13.6. The smallest absolute Gasteiger partial charge is 0.163 e. The molecule has 0 aliphatic carbocycles. The van der Waals surface area contributed by atoms with Gasteiger partial charge in [0, 0.05) is 0 Å². The molecule has 0 fully saturated rings. The molecule has 2 N–H and O–H groups in total. The highest BCUT2D eigenvalue weighted by Gasteiger charge is 2.02. The number of nitrogens with two attached hydrogens (primary N) is 1. The van der Waals surface area contributed by atoms with Gasteiger partial charge in [-0.25, -0.2) is 0 Å². The van der Waals surface area contributed by atoms with Crippen molar-refractivity contribution in [2.75, 3.05) is 5.88 Å². The van der Waals surface area contributed by atoms with E-state index >= 15 is 0 Å². The molecule has 0 amide bonds. The monoisotopic (exact) mass is 121 g/mol. The van der Waals surface area contributed by atoms with Crippen LogP contribution in [0.1, 0.15) is 6.92 Å². The van der Waals surface area contributed by atoms with Crippen LogP contribution in [0.4, 0.5) is 0 Å². The van der Waals surface area contributed by atoms with Crippen LogP contribution in [-0.2, 0) is 4.79 Å². The molecule has 0 aliphatic rings. The first-order chi connectivity index (χ1) is 3.18. The average Bonchev–Trinajstić information content (AvgIpc) is 1.65. The molecule has 0 unspecified atom stereocenters. The first kappa shape index (κ1) is 6.92. The van der Waals surface area contributed by atoms with Crippen molar-refractivity contribution < 1.29 is 4.79 Å². The molecule has 7 heavy (non-hydrogen) atoms. The van der Waals surface area contributed by atoms with Crippen LogP contribution in [0.2, 0.25) is 0 Å². The fraction of sp³-hybridized carbons (Fsp3) is 0.750. The number of alkyl halides is 1. The van der Waals surface area contributed by atoms with Crippen LogP contribution in [0.25, 0.3) is 0 Å². The van der Waals surface area contributed by atoms with Crippen LogP contribution >= 0.6 is 11.6 Å². The van der Waals surface area contributed by atoms with E-state index in [1.54, 1.807) is 6.92 Å². The van der Waals surface area contributed by atoms with Crippen molar-refractivity contribution in [2.45, 2.75) is 13.0 Å². The Morgan fingerprint density at radius 2 is 2.43 bits per heavy atom. The van der Waals surface area contributed by atoms with Gasteiger partial charge in [-0.15, -0.1) is 11.6 Å². The molecular formula is C4H8ClNO. The van der Waals surface area contributed by atoms with Gasteiger partial charge in [0.25, 0.3) is 0 Å². The number of carbonyl (C=O) groups excluding carboxylic acids is 1. The van der Waals surface area contributed by atoms with Crippen molar-refractivity contribution >= 4 is 17.4 Å². The van der Waals surface area contributed by atoms with E-state index in [2.05, 4.69) is 0 Å². The van der Waals surface area contributed by atoms with Gasteiger partial charge < -0.3 is 5.73 Å². The molecule has 0 saturated carbocycles. The molecule has 1 atom stereocenters. The summed E-state index contributed by atoms with van der Waals surface area (Å²) >= 11 is 5.12. The molecule has 0 bridgehead atoms. The number of halogens is 1. The third-order valence-electron chi connectivity index (χ3n) is 0.640. The Hall–Kier alpha value is -0.0800. The Morgan fingerprint density at radius 1 is 2.00 bits per heavy atom. The van der Waals surface area contributed by atoms with Gasteiger partial charge in [0.15, 0.2) is 5.78 Å². The predicted octanol–water partition coefficient (Wildman–Crippen LogP) is 0.142. The summed E-state index contributed by atoms with van der Waals surface area (Å²) in [6.45, 7) is 1.62. The molecule has 0 aliphatic heterocycles. The van der Waals surface area contributed by atoms with Crippen molar-refractivity contribution in [3.63, 3.8) is 0 Å². The number of hydrogen-bond acceptors (Lipinski definition) is 2. The Bertz CT molecular complexity index is 72.1. The second-order valence-corrected chi connectivity index (χ2v) is 1.66. The summed E-state index contributed by atoms with van der Waals surface area (Å²) in [6.07, 6.45) is 0. The Balaban J connectivity index is 3.35. The zero-order chi connectivity index (χ0) is 5.86. The van der Waals surface area contributed by atoms with E-state index in [0.717, 1.165) is 0 Å². The molecule has 0 aromatic heterocycles. The third-order valence-corrected chi connectivity index (χ3v) is 0.903. The van der Waals surface area contributed by atoms with E-state index in [0.29, 0.717) is 0 Å². The lowest BCUT2D eigenvalue weighted by Gasteiger charge is -1.95. The zero-order valence-corrected chi connectivity index (χ0v) is 4.90. The lowest BCUT2D eigenvalue weighted by molar-refractivity contribution is -0.117. The number of carbonyl (C=O) groups is 1. The lowest BCUT2D eigenvalue weighted by Crippen LogP contribution is -2.27. The second kappa shape index (κ2) is 2.99. The van der Waals surface area contributed by atoms with Gasteiger partial charge in [0.2, 0.25) is 0 Å². The van der Waals surface area contributed by atoms with E-state index < -0.39 is 6.04 Å². The van der Waals surface area contributed by atoms with Gasteiger partial charge in [0.1, 0.15) is 0 Å². The topological polar surface area (TPSA) is 43.1 Å². The standard InChI is InChI=1S/C4H8ClNO/c1-3(6)4(7)2-5/h3H,2,6H2,1H3/t3-/m0/s1. The summed E-state index contributed by atoms with van der Waals surface area (Å²) in [4.78, 5) is 10.3. The minimum atomic E-state index is -0.405. The Labute approximate surface area is 47.6 Å². The highest BCUT2D eigenvalue weighted by Crippen LogP contribution is 1.81. The molecule has 0 heterocycles. The SMILES string of the molecule is C[C@H](N)C(=O)CCl. The van der Waals surface area contributed by atoms with Crippen molar-refractivity contribution in [1.29, 1.82) is 0 Å². The molecule has 2 nitrogen and oxygen atoms in total. The lowest BCUT2D eigenvalue weighted by atomic mass is 10.3. The van der Waals surface area contributed by atoms with Crippen LogP contribution in [0.5, 0.6) is 0 Å². The molecule has 0 rings (SSSR count). The average molecular weight is 122 g/mol. The van der Waals surface area contributed by atoms with Gasteiger partial charge in [-0.3, -0.25) is 4.79 Å². The minimum absolute atomic E-state index is 0.0255. The highest BCUT2D eigenvalue weighted by molar-refractivity contribution is 6.28. The molecule has 42 valence electrons. The maximum Gasteiger partial charge on any atom is 0.163 e. The first-order valence-electron chi connectivity index (χ1n) is 2.02. The van der Waals surface area contributed by atoms with Crippen molar-refractivity contribution in [1.82, 2.24) is 0 Å². The van der Waals surface area contributed by atoms with Gasteiger partial charge in [-0.05, 0) is 6.92 Å². The maximum atomic E-state index is 10.3. The van der Waals surface area contributed by atoms with Crippen LogP contribution < -0.4 is 5.73 Å². The van der Waals surface area contributed by atoms with Crippen LogP contribution in [-0.4, -0.2) is 17.7 Å². The van der Waals surface area contributed by atoms with Gasteiger partial charge in [-0.1, -0.05) is 0 Å². The molecule has 0 radical (unpaired) electrons.